The van der Waals surface area contributed by atoms with E-state index in [-0.39, 0.29) is 5.57 Å². The summed E-state index contributed by atoms with van der Waals surface area (Å²) in [5, 5.41) is 2.24. The Hall–Kier alpha value is -3.87. The molecule has 0 bridgehead atoms. The van der Waals surface area contributed by atoms with Crippen LogP contribution < -0.4 is 19.7 Å². The molecule has 0 radical (unpaired) electrons. The molecule has 1 heterocycles. The molecule has 0 saturated carbocycles. The van der Waals surface area contributed by atoms with Crippen LogP contribution in [0.3, 0.4) is 0 Å². The summed E-state index contributed by atoms with van der Waals surface area (Å²) in [4.78, 5) is 38.9. The minimum atomic E-state index is -0.779. The Balaban J connectivity index is 1.92. The van der Waals surface area contributed by atoms with E-state index in [0.29, 0.717) is 35.3 Å². The highest BCUT2D eigenvalue weighted by atomic mass is 16.5. The van der Waals surface area contributed by atoms with Crippen LogP contribution in [0.15, 0.2) is 60.7 Å². The first-order valence-electron chi connectivity index (χ1n) is 10.3. The lowest BCUT2D eigenvalue weighted by Gasteiger charge is -2.26. The van der Waals surface area contributed by atoms with E-state index in [1.54, 1.807) is 36.4 Å². The molecule has 1 atom stereocenters. The maximum atomic E-state index is 13.1. The molecule has 1 fully saturated rings. The number of ether oxygens (including phenoxy) is 2. The molecule has 7 nitrogen and oxygen atoms in total. The third kappa shape index (κ3) is 4.72. The summed E-state index contributed by atoms with van der Waals surface area (Å²) in [6, 6.07) is 11.4. The van der Waals surface area contributed by atoms with Crippen LogP contribution in [0.25, 0.3) is 6.08 Å². The second-order valence-corrected chi connectivity index (χ2v) is 7.37. The van der Waals surface area contributed by atoms with Crippen molar-refractivity contribution in [1.82, 2.24) is 5.32 Å². The Morgan fingerprint density at radius 3 is 2.44 bits per heavy atom. The van der Waals surface area contributed by atoms with Gasteiger partial charge in [0, 0.05) is 0 Å². The molecule has 4 amide bonds. The van der Waals surface area contributed by atoms with Crippen molar-refractivity contribution in [3.8, 4) is 11.5 Å². The number of barbiturate groups is 1. The van der Waals surface area contributed by atoms with Gasteiger partial charge in [0.25, 0.3) is 11.8 Å². The zero-order valence-electron chi connectivity index (χ0n) is 18.4. The van der Waals surface area contributed by atoms with Crippen molar-refractivity contribution in [2.45, 2.75) is 26.2 Å². The zero-order valence-corrected chi connectivity index (χ0v) is 18.4. The quantitative estimate of drug-likeness (QED) is 0.377. The number of nitrogens with one attached hydrogen (secondary N) is 1. The van der Waals surface area contributed by atoms with Crippen LogP contribution in [-0.2, 0) is 9.59 Å². The first-order chi connectivity index (χ1) is 15.4. The van der Waals surface area contributed by atoms with Crippen molar-refractivity contribution >= 4 is 29.6 Å². The van der Waals surface area contributed by atoms with Crippen molar-refractivity contribution in [3.63, 3.8) is 0 Å². The normalized spacial score (nSPS) is 16.0. The van der Waals surface area contributed by atoms with E-state index in [1.165, 1.54) is 13.2 Å². The van der Waals surface area contributed by atoms with E-state index >= 15 is 0 Å². The maximum Gasteiger partial charge on any atom is 0.335 e. The minimum Gasteiger partial charge on any atom is -0.493 e. The van der Waals surface area contributed by atoms with E-state index in [0.717, 1.165) is 16.9 Å². The van der Waals surface area contributed by atoms with Crippen molar-refractivity contribution in [3.05, 3.63) is 71.8 Å². The number of benzene rings is 2. The minimum absolute atomic E-state index is 0.155. The number of imide groups is 2. The van der Waals surface area contributed by atoms with Crippen LogP contribution >= 0.6 is 0 Å². The highest BCUT2D eigenvalue weighted by Crippen LogP contribution is 2.30. The first-order valence-corrected chi connectivity index (χ1v) is 10.3. The number of methoxy groups -OCH3 is 1. The third-order valence-electron chi connectivity index (χ3n) is 5.29. The van der Waals surface area contributed by atoms with Crippen molar-refractivity contribution in [2.24, 2.45) is 0 Å². The van der Waals surface area contributed by atoms with Crippen LogP contribution in [-0.4, -0.2) is 31.6 Å². The van der Waals surface area contributed by atoms with Crippen molar-refractivity contribution in [1.29, 1.82) is 0 Å². The third-order valence-corrected chi connectivity index (χ3v) is 5.29. The molecule has 1 aliphatic heterocycles. The largest absolute Gasteiger partial charge is 0.493 e. The number of carbonyl (C=O) groups excluding carboxylic acids is 3. The smallest absolute Gasteiger partial charge is 0.335 e. The molecule has 7 heteroatoms. The average Bonchev–Trinajstić information content (AvgIpc) is 2.80. The highest BCUT2D eigenvalue weighted by molar-refractivity contribution is 6.39. The Bertz CT molecular complexity index is 1070. The maximum absolute atomic E-state index is 13.1. The summed E-state index contributed by atoms with van der Waals surface area (Å²) < 4.78 is 10.9. The first kappa shape index (κ1) is 22.8. The molecule has 0 spiro atoms. The molecule has 0 unspecified atom stereocenters. The van der Waals surface area contributed by atoms with Crippen LogP contribution in [0.2, 0.25) is 0 Å². The van der Waals surface area contributed by atoms with Gasteiger partial charge in [-0.15, -0.1) is 0 Å². The number of rotatable bonds is 8. The number of anilines is 1. The monoisotopic (exact) mass is 434 g/mol. The van der Waals surface area contributed by atoms with Crippen LogP contribution in [0.5, 0.6) is 11.5 Å². The average molecular weight is 434 g/mol. The molecule has 0 aliphatic carbocycles. The van der Waals surface area contributed by atoms with Gasteiger partial charge in [0.05, 0.1) is 12.8 Å². The van der Waals surface area contributed by atoms with Crippen molar-refractivity contribution < 1.29 is 23.9 Å². The van der Waals surface area contributed by atoms with Gasteiger partial charge in [-0.3, -0.25) is 14.9 Å². The number of carbonyl (C=O) groups is 3. The Morgan fingerprint density at radius 2 is 1.81 bits per heavy atom. The van der Waals surface area contributed by atoms with Crippen molar-refractivity contribution in [2.75, 3.05) is 18.6 Å². The van der Waals surface area contributed by atoms with E-state index < -0.39 is 17.8 Å². The van der Waals surface area contributed by atoms with Gasteiger partial charge >= 0.3 is 6.03 Å². The van der Waals surface area contributed by atoms with Crippen LogP contribution in [0.1, 0.15) is 37.3 Å². The fraction of sp³-hybridized carbons (Fsp3) is 0.240. The second-order valence-electron chi connectivity index (χ2n) is 7.37. The predicted molar refractivity (Wildman–Crippen MR) is 123 cm³/mol. The summed E-state index contributed by atoms with van der Waals surface area (Å²) in [7, 11) is 1.49. The van der Waals surface area contributed by atoms with Gasteiger partial charge in [0.15, 0.2) is 11.5 Å². The molecule has 1 N–H and O–H groups in total. The molecule has 2 aromatic carbocycles. The Kier molecular flexibility index (Phi) is 7.10. The number of urea groups is 1. The molecular weight excluding hydrogens is 408 g/mol. The van der Waals surface area contributed by atoms with Gasteiger partial charge in [0.2, 0.25) is 0 Å². The SMILES string of the molecule is C=CCOc1ccc(/C=C2\C(=O)NC(=O)N(c3ccc([C@H](C)CC)cc3)C2=O)cc1OC. The van der Waals surface area contributed by atoms with E-state index in [2.05, 4.69) is 25.7 Å². The number of nitrogens with zero attached hydrogens (tertiary/aromatic N) is 1. The van der Waals surface area contributed by atoms with E-state index in [4.69, 9.17) is 9.47 Å². The van der Waals surface area contributed by atoms with Crippen LogP contribution in [0, 0.1) is 0 Å². The molecule has 166 valence electrons. The standard InChI is InChI=1S/C25H26N2O5/c1-5-13-32-21-12-7-17(15-22(21)31-4)14-20-23(28)26-25(30)27(24(20)29)19-10-8-18(9-11-19)16(3)6-2/h5,7-12,14-16H,1,6,13H2,2-4H3,(H,26,28,30)/b20-14+/t16-/m1/s1. The zero-order chi connectivity index (χ0) is 23.3. The summed E-state index contributed by atoms with van der Waals surface area (Å²) >= 11 is 0. The number of hydrogen-bond donors (Lipinski definition) is 1. The fourth-order valence-electron chi connectivity index (χ4n) is 3.29. The van der Waals surface area contributed by atoms with Gasteiger partial charge in [-0.2, -0.15) is 0 Å². The van der Waals surface area contributed by atoms with Gasteiger partial charge in [-0.25, -0.2) is 9.69 Å². The topological polar surface area (TPSA) is 84.9 Å². The Morgan fingerprint density at radius 1 is 1.09 bits per heavy atom. The lowest BCUT2D eigenvalue weighted by atomic mass is 9.98. The lowest BCUT2D eigenvalue weighted by molar-refractivity contribution is -0.122. The number of hydrogen-bond acceptors (Lipinski definition) is 5. The fourth-order valence-corrected chi connectivity index (χ4v) is 3.29. The molecule has 1 saturated heterocycles. The van der Waals surface area contributed by atoms with Gasteiger partial charge < -0.3 is 9.47 Å². The van der Waals surface area contributed by atoms with Gasteiger partial charge in [-0.1, -0.05) is 44.7 Å². The molecule has 0 aromatic heterocycles. The molecule has 2 aromatic rings. The predicted octanol–water partition coefficient (Wildman–Crippen LogP) is 4.44. The van der Waals surface area contributed by atoms with Gasteiger partial charge in [-0.05, 0) is 53.8 Å². The lowest BCUT2D eigenvalue weighted by Crippen LogP contribution is -2.54. The summed E-state index contributed by atoms with van der Waals surface area (Å²) in [5.74, 6) is -0.134. The molecule has 3 rings (SSSR count). The summed E-state index contributed by atoms with van der Waals surface area (Å²) in [6.07, 6.45) is 4.01. The molecular formula is C25H26N2O5. The molecule has 32 heavy (non-hydrogen) atoms. The second kappa shape index (κ2) is 9.96. The highest BCUT2D eigenvalue weighted by Gasteiger charge is 2.36. The summed E-state index contributed by atoms with van der Waals surface area (Å²) in [6.45, 7) is 8.12. The van der Waals surface area contributed by atoms with Gasteiger partial charge in [0.1, 0.15) is 12.2 Å². The summed E-state index contributed by atoms with van der Waals surface area (Å²) in [5.41, 5.74) is 1.90. The van der Waals surface area contributed by atoms with E-state index in [9.17, 15) is 14.4 Å². The number of amides is 4. The molecule has 1 aliphatic rings. The van der Waals surface area contributed by atoms with E-state index in [1.807, 2.05) is 12.1 Å². The Labute approximate surface area is 187 Å². The van der Waals surface area contributed by atoms with Crippen LogP contribution in [0.4, 0.5) is 10.5 Å².